The van der Waals surface area contributed by atoms with Gasteiger partial charge in [-0.05, 0) is 13.8 Å². The van der Waals surface area contributed by atoms with Gasteiger partial charge in [0.15, 0.2) is 0 Å². The number of aromatic nitrogens is 1. The van der Waals surface area contributed by atoms with Crippen LogP contribution in [0.25, 0.3) is 0 Å². The lowest BCUT2D eigenvalue weighted by Gasteiger charge is -2.09. The van der Waals surface area contributed by atoms with Gasteiger partial charge in [-0.1, -0.05) is 0 Å². The molecule has 0 fully saturated rings. The van der Waals surface area contributed by atoms with E-state index in [4.69, 9.17) is 4.74 Å². The zero-order chi connectivity index (χ0) is 13.7. The van der Waals surface area contributed by atoms with Gasteiger partial charge in [0, 0.05) is 18.7 Å². The van der Waals surface area contributed by atoms with E-state index >= 15 is 0 Å². The molecule has 0 aliphatic heterocycles. The van der Waals surface area contributed by atoms with E-state index in [1.54, 1.807) is 6.92 Å². The summed E-state index contributed by atoms with van der Waals surface area (Å²) in [4.78, 5) is 32.9. The summed E-state index contributed by atoms with van der Waals surface area (Å²) >= 11 is 0. The van der Waals surface area contributed by atoms with Gasteiger partial charge >= 0.3 is 5.97 Å². The Morgan fingerprint density at radius 1 is 1.50 bits per heavy atom. The second kappa shape index (κ2) is 5.95. The molecule has 18 heavy (non-hydrogen) atoms. The Balaban J connectivity index is 2.95. The quantitative estimate of drug-likeness (QED) is 0.444. The Morgan fingerprint density at radius 2 is 2.17 bits per heavy atom. The normalized spacial score (nSPS) is 10.1. The molecule has 0 spiro atoms. The van der Waals surface area contributed by atoms with Crippen LogP contribution < -0.4 is 5.56 Å². The highest BCUT2D eigenvalue weighted by atomic mass is 16.6. The zero-order valence-electron chi connectivity index (χ0n) is 10.2. The highest BCUT2D eigenvalue weighted by Gasteiger charge is 2.15. The molecule has 1 heterocycles. The molecule has 0 unspecified atom stereocenters. The summed E-state index contributed by atoms with van der Waals surface area (Å²) in [5.41, 5.74) is -0.280. The van der Waals surface area contributed by atoms with E-state index in [0.717, 1.165) is 6.07 Å². The van der Waals surface area contributed by atoms with Gasteiger partial charge in [-0.25, -0.2) is 0 Å². The van der Waals surface area contributed by atoms with Crippen molar-refractivity contribution in [1.29, 1.82) is 0 Å². The highest BCUT2D eigenvalue weighted by molar-refractivity contribution is 5.69. The average molecular weight is 254 g/mol. The van der Waals surface area contributed by atoms with Crippen molar-refractivity contribution >= 4 is 11.7 Å². The molecule has 0 aliphatic carbocycles. The summed E-state index contributed by atoms with van der Waals surface area (Å²) in [6.45, 7) is 3.50. The zero-order valence-corrected chi connectivity index (χ0v) is 10.2. The van der Waals surface area contributed by atoms with E-state index in [1.165, 1.54) is 17.6 Å². The maximum Gasteiger partial charge on any atom is 0.307 e. The minimum atomic E-state index is -0.560. The van der Waals surface area contributed by atoms with Gasteiger partial charge in [-0.3, -0.25) is 19.7 Å². The molecule has 0 aliphatic rings. The largest absolute Gasteiger partial charge is 0.466 e. The maximum absolute atomic E-state index is 11.6. The molecule has 98 valence electrons. The standard InChI is InChI=1S/C11H14N2O5/c1-3-18-11(15)6-7-12-8(2)9(13(16)17)4-5-10(12)14/h4-5H,3,6-7H2,1-2H3. The number of ether oxygens (including phenoxy) is 1. The third-order valence-electron chi connectivity index (χ3n) is 2.47. The second-order valence-electron chi connectivity index (χ2n) is 3.61. The van der Waals surface area contributed by atoms with E-state index in [1.807, 2.05) is 0 Å². The van der Waals surface area contributed by atoms with Crippen molar-refractivity contribution in [2.24, 2.45) is 0 Å². The Kier molecular flexibility index (Phi) is 4.59. The summed E-state index contributed by atoms with van der Waals surface area (Å²) in [6, 6.07) is 2.29. The molecular weight excluding hydrogens is 240 g/mol. The van der Waals surface area contributed by atoms with Crippen molar-refractivity contribution in [2.45, 2.75) is 26.8 Å². The predicted molar refractivity (Wildman–Crippen MR) is 63.3 cm³/mol. The van der Waals surface area contributed by atoms with E-state index < -0.39 is 10.9 Å². The van der Waals surface area contributed by atoms with Crippen LogP contribution in [-0.4, -0.2) is 22.1 Å². The smallest absolute Gasteiger partial charge is 0.307 e. The first-order chi connectivity index (χ1) is 8.47. The van der Waals surface area contributed by atoms with Crippen LogP contribution in [0.4, 0.5) is 5.69 Å². The number of hydrogen-bond donors (Lipinski definition) is 0. The molecule has 0 radical (unpaired) electrons. The Hall–Kier alpha value is -2.18. The highest BCUT2D eigenvalue weighted by Crippen LogP contribution is 2.14. The number of hydrogen-bond acceptors (Lipinski definition) is 5. The Bertz CT molecular complexity index is 521. The summed E-state index contributed by atoms with van der Waals surface area (Å²) in [6.07, 6.45) is 0.00968. The lowest BCUT2D eigenvalue weighted by molar-refractivity contribution is -0.386. The van der Waals surface area contributed by atoms with Gasteiger partial charge in [0.2, 0.25) is 0 Å². The van der Waals surface area contributed by atoms with Gasteiger partial charge in [0.05, 0.1) is 23.6 Å². The predicted octanol–water partition coefficient (Wildman–Crippen LogP) is 1.02. The van der Waals surface area contributed by atoms with Crippen LogP contribution >= 0.6 is 0 Å². The number of nitro groups is 1. The van der Waals surface area contributed by atoms with Gasteiger partial charge in [-0.2, -0.15) is 0 Å². The number of pyridine rings is 1. The van der Waals surface area contributed by atoms with E-state index in [0.29, 0.717) is 0 Å². The van der Waals surface area contributed by atoms with Gasteiger partial charge in [-0.15, -0.1) is 0 Å². The SMILES string of the molecule is CCOC(=O)CCn1c(C)c([N+](=O)[O-])ccc1=O. The number of carbonyl (C=O) groups excluding carboxylic acids is 1. The van der Waals surface area contributed by atoms with Gasteiger partial charge in [0.25, 0.3) is 11.2 Å². The fourth-order valence-corrected chi connectivity index (χ4v) is 1.57. The van der Waals surface area contributed by atoms with Crippen LogP contribution in [0.3, 0.4) is 0 Å². The van der Waals surface area contributed by atoms with Crippen LogP contribution in [0.2, 0.25) is 0 Å². The monoisotopic (exact) mass is 254 g/mol. The molecule has 0 atom stereocenters. The fourth-order valence-electron chi connectivity index (χ4n) is 1.57. The number of carbonyl (C=O) groups is 1. The third-order valence-corrected chi connectivity index (χ3v) is 2.47. The summed E-state index contributed by atoms with van der Waals surface area (Å²) < 4.78 is 5.94. The number of esters is 1. The Morgan fingerprint density at radius 3 is 2.72 bits per heavy atom. The maximum atomic E-state index is 11.6. The minimum absolute atomic E-state index is 0.00968. The minimum Gasteiger partial charge on any atom is -0.466 e. The molecule has 0 amide bonds. The van der Waals surface area contributed by atoms with Crippen LogP contribution in [-0.2, 0) is 16.1 Å². The molecule has 7 nitrogen and oxygen atoms in total. The second-order valence-corrected chi connectivity index (χ2v) is 3.61. The van der Waals surface area contributed by atoms with E-state index in [2.05, 4.69) is 0 Å². The van der Waals surface area contributed by atoms with Crippen LogP contribution in [0, 0.1) is 17.0 Å². The van der Waals surface area contributed by atoms with Crippen molar-refractivity contribution in [3.8, 4) is 0 Å². The number of nitrogens with zero attached hydrogens (tertiary/aromatic N) is 2. The lowest BCUT2D eigenvalue weighted by Crippen LogP contribution is -2.24. The van der Waals surface area contributed by atoms with Crippen molar-refractivity contribution in [3.05, 3.63) is 38.3 Å². The average Bonchev–Trinajstić information content (AvgIpc) is 2.28. The van der Waals surface area contributed by atoms with E-state index in [-0.39, 0.29) is 36.5 Å². The molecule has 1 aromatic rings. The first-order valence-corrected chi connectivity index (χ1v) is 5.47. The molecular formula is C11H14N2O5. The molecule has 0 N–H and O–H groups in total. The number of rotatable bonds is 5. The molecule has 1 rings (SSSR count). The van der Waals surface area contributed by atoms with Crippen molar-refractivity contribution in [1.82, 2.24) is 4.57 Å². The van der Waals surface area contributed by atoms with Crippen molar-refractivity contribution < 1.29 is 14.5 Å². The molecule has 0 aromatic carbocycles. The summed E-state index contributed by atoms with van der Waals surface area (Å²) in [7, 11) is 0. The molecule has 0 bridgehead atoms. The molecule has 7 heteroatoms. The van der Waals surface area contributed by atoms with Crippen molar-refractivity contribution in [3.63, 3.8) is 0 Å². The van der Waals surface area contributed by atoms with Crippen molar-refractivity contribution in [2.75, 3.05) is 6.61 Å². The van der Waals surface area contributed by atoms with Gasteiger partial charge < -0.3 is 9.30 Å². The molecule has 0 saturated carbocycles. The third kappa shape index (κ3) is 3.16. The first kappa shape index (κ1) is 13.9. The topological polar surface area (TPSA) is 91.4 Å². The fraction of sp³-hybridized carbons (Fsp3) is 0.455. The van der Waals surface area contributed by atoms with Crippen LogP contribution in [0.1, 0.15) is 19.0 Å². The van der Waals surface area contributed by atoms with Gasteiger partial charge in [0.1, 0.15) is 0 Å². The van der Waals surface area contributed by atoms with E-state index in [9.17, 15) is 19.7 Å². The lowest BCUT2D eigenvalue weighted by atomic mass is 10.3. The summed E-state index contributed by atoms with van der Waals surface area (Å²) in [5.74, 6) is -0.435. The first-order valence-electron chi connectivity index (χ1n) is 5.47. The molecule has 0 saturated heterocycles. The summed E-state index contributed by atoms with van der Waals surface area (Å²) in [5, 5.41) is 10.7. The van der Waals surface area contributed by atoms with Crippen LogP contribution in [0.5, 0.6) is 0 Å². The van der Waals surface area contributed by atoms with Crippen LogP contribution in [0.15, 0.2) is 16.9 Å². The molecule has 1 aromatic heterocycles. The Labute approximate surface area is 103 Å².